The van der Waals surface area contributed by atoms with Crippen LogP contribution in [0, 0.1) is 0 Å². The lowest BCUT2D eigenvalue weighted by molar-refractivity contribution is -0.114. The molecule has 1 amide bonds. The number of nitrogen functional groups attached to an aromatic ring is 1. The summed E-state index contributed by atoms with van der Waals surface area (Å²) in [6.07, 6.45) is 0. The summed E-state index contributed by atoms with van der Waals surface area (Å²) in [5, 5.41) is 2.37. The van der Waals surface area contributed by atoms with Crippen molar-refractivity contribution in [3.63, 3.8) is 0 Å². The molecule has 0 aliphatic carbocycles. The van der Waals surface area contributed by atoms with E-state index in [9.17, 15) is 13.2 Å². The number of nitrogens with two attached hydrogens (primary N) is 1. The Bertz CT molecular complexity index is 495. The molecule has 82 valence electrons. The molecule has 0 atom stereocenters. The van der Waals surface area contributed by atoms with Crippen molar-refractivity contribution in [3.8, 4) is 0 Å². The summed E-state index contributed by atoms with van der Waals surface area (Å²) in [7, 11) is -4.37. The van der Waals surface area contributed by atoms with Crippen molar-refractivity contribution in [2.75, 3.05) is 11.1 Å². The molecule has 0 heterocycles. The number of hydrogen-bond donors (Lipinski definition) is 3. The second kappa shape index (κ2) is 3.87. The number of hydrogen-bond acceptors (Lipinski definition) is 4. The smallest absolute Gasteiger partial charge is 0.296 e. The summed E-state index contributed by atoms with van der Waals surface area (Å²) in [6.45, 7) is 1.28. The standard InChI is InChI=1S/C8H10N2O4S/c1-5(11)10-6-2-3-7(9)8(4-6)15(12,13)14/h2-4H,9H2,1H3,(H,10,11)(H,12,13,14). The summed E-state index contributed by atoms with van der Waals surface area (Å²) < 4.78 is 30.5. The third-order valence-electron chi connectivity index (χ3n) is 1.61. The third-order valence-corrected chi connectivity index (χ3v) is 2.52. The first-order chi connectivity index (χ1) is 6.80. The number of carbonyl (C=O) groups excluding carboxylic acids is 1. The monoisotopic (exact) mass is 230 g/mol. The SMILES string of the molecule is CC(=O)Nc1ccc(N)c(S(=O)(=O)O)c1. The van der Waals surface area contributed by atoms with Crippen LogP contribution in [-0.4, -0.2) is 18.9 Å². The van der Waals surface area contributed by atoms with Crippen LogP contribution in [0.15, 0.2) is 23.1 Å². The predicted molar refractivity (Wildman–Crippen MR) is 55.0 cm³/mol. The highest BCUT2D eigenvalue weighted by Gasteiger charge is 2.14. The zero-order valence-electron chi connectivity index (χ0n) is 7.89. The zero-order valence-corrected chi connectivity index (χ0v) is 8.71. The van der Waals surface area contributed by atoms with Crippen LogP contribution < -0.4 is 11.1 Å². The molecule has 0 aliphatic rings. The second-order valence-electron chi connectivity index (χ2n) is 2.91. The van der Waals surface area contributed by atoms with Gasteiger partial charge < -0.3 is 11.1 Å². The molecule has 0 bridgehead atoms. The van der Waals surface area contributed by atoms with Gasteiger partial charge in [0.1, 0.15) is 4.90 Å². The van der Waals surface area contributed by atoms with Gasteiger partial charge in [-0.05, 0) is 18.2 Å². The molecule has 0 fully saturated rings. The molecule has 6 nitrogen and oxygen atoms in total. The van der Waals surface area contributed by atoms with E-state index in [4.69, 9.17) is 10.3 Å². The van der Waals surface area contributed by atoms with E-state index in [0.29, 0.717) is 0 Å². The highest BCUT2D eigenvalue weighted by molar-refractivity contribution is 7.86. The fraction of sp³-hybridized carbons (Fsp3) is 0.125. The van der Waals surface area contributed by atoms with Crippen LogP contribution in [0.2, 0.25) is 0 Å². The van der Waals surface area contributed by atoms with E-state index in [0.717, 1.165) is 6.07 Å². The van der Waals surface area contributed by atoms with Gasteiger partial charge in [0, 0.05) is 12.6 Å². The van der Waals surface area contributed by atoms with Gasteiger partial charge in [-0.1, -0.05) is 0 Å². The van der Waals surface area contributed by atoms with Crippen molar-refractivity contribution in [1.29, 1.82) is 0 Å². The van der Waals surface area contributed by atoms with Crippen molar-refractivity contribution in [1.82, 2.24) is 0 Å². The molecule has 0 saturated carbocycles. The van der Waals surface area contributed by atoms with Crippen molar-refractivity contribution in [3.05, 3.63) is 18.2 Å². The first-order valence-corrected chi connectivity index (χ1v) is 5.39. The molecule has 0 unspecified atom stereocenters. The van der Waals surface area contributed by atoms with Crippen LogP contribution in [0.5, 0.6) is 0 Å². The maximum Gasteiger partial charge on any atom is 0.296 e. The van der Waals surface area contributed by atoms with Crippen LogP contribution in [0.4, 0.5) is 11.4 Å². The number of benzene rings is 1. The molecular weight excluding hydrogens is 220 g/mol. The van der Waals surface area contributed by atoms with Crippen molar-refractivity contribution in [2.45, 2.75) is 11.8 Å². The summed E-state index contributed by atoms with van der Waals surface area (Å²) in [6, 6.07) is 3.81. The van der Waals surface area contributed by atoms with Gasteiger partial charge in [0.2, 0.25) is 5.91 Å². The lowest BCUT2D eigenvalue weighted by Gasteiger charge is -2.06. The molecule has 15 heavy (non-hydrogen) atoms. The Kier molecular flexibility index (Phi) is 2.96. The molecule has 4 N–H and O–H groups in total. The van der Waals surface area contributed by atoms with E-state index in [1.54, 1.807) is 0 Å². The van der Waals surface area contributed by atoms with Crippen LogP contribution in [0.25, 0.3) is 0 Å². The number of amides is 1. The normalized spacial score (nSPS) is 11.1. The highest BCUT2D eigenvalue weighted by Crippen LogP contribution is 2.22. The molecule has 1 rings (SSSR count). The largest absolute Gasteiger partial charge is 0.398 e. The summed E-state index contributed by atoms with van der Waals surface area (Å²) in [5.41, 5.74) is 5.53. The van der Waals surface area contributed by atoms with E-state index >= 15 is 0 Å². The maximum absolute atomic E-state index is 10.9. The first kappa shape index (κ1) is 11.5. The van der Waals surface area contributed by atoms with Gasteiger partial charge in [-0.2, -0.15) is 8.42 Å². The maximum atomic E-state index is 10.9. The minimum absolute atomic E-state index is 0.0772. The van der Waals surface area contributed by atoms with Crippen LogP contribution in [0.1, 0.15) is 6.92 Å². The van der Waals surface area contributed by atoms with Crippen molar-refractivity contribution >= 4 is 27.4 Å². The fourth-order valence-electron chi connectivity index (χ4n) is 1.04. The summed E-state index contributed by atoms with van der Waals surface area (Å²) in [5.74, 6) is -0.346. The second-order valence-corrected chi connectivity index (χ2v) is 4.30. The Morgan fingerprint density at radius 2 is 2.07 bits per heavy atom. The number of carbonyl (C=O) groups is 1. The van der Waals surface area contributed by atoms with E-state index in [-0.39, 0.29) is 17.3 Å². The van der Waals surface area contributed by atoms with E-state index < -0.39 is 15.0 Å². The van der Waals surface area contributed by atoms with E-state index in [2.05, 4.69) is 5.32 Å². The Labute approximate surface area is 86.8 Å². The van der Waals surface area contributed by atoms with E-state index in [1.165, 1.54) is 19.1 Å². The van der Waals surface area contributed by atoms with Gasteiger partial charge in [-0.15, -0.1) is 0 Å². The Morgan fingerprint density at radius 3 is 2.53 bits per heavy atom. The molecular formula is C8H10N2O4S. The van der Waals surface area contributed by atoms with Crippen molar-refractivity contribution < 1.29 is 17.8 Å². The zero-order chi connectivity index (χ0) is 11.6. The third kappa shape index (κ3) is 2.93. The Balaban J connectivity index is 3.23. The summed E-state index contributed by atoms with van der Waals surface area (Å²) in [4.78, 5) is 10.3. The van der Waals surface area contributed by atoms with Gasteiger partial charge in [-0.3, -0.25) is 9.35 Å². The van der Waals surface area contributed by atoms with Gasteiger partial charge >= 0.3 is 0 Å². The van der Waals surface area contributed by atoms with Crippen LogP contribution in [-0.2, 0) is 14.9 Å². The predicted octanol–water partition coefficient (Wildman–Crippen LogP) is 0.474. The Hall–Kier alpha value is -1.60. The quantitative estimate of drug-likeness (QED) is 0.505. The first-order valence-electron chi connectivity index (χ1n) is 3.95. The van der Waals surface area contributed by atoms with Gasteiger partial charge in [-0.25, -0.2) is 0 Å². The van der Waals surface area contributed by atoms with Gasteiger partial charge in [0.15, 0.2) is 0 Å². The number of rotatable bonds is 2. The lowest BCUT2D eigenvalue weighted by atomic mass is 10.3. The van der Waals surface area contributed by atoms with Gasteiger partial charge in [0.25, 0.3) is 10.1 Å². The van der Waals surface area contributed by atoms with E-state index in [1.807, 2.05) is 0 Å². The minimum Gasteiger partial charge on any atom is -0.398 e. The minimum atomic E-state index is -4.37. The highest BCUT2D eigenvalue weighted by atomic mass is 32.2. The molecule has 1 aromatic carbocycles. The van der Waals surface area contributed by atoms with Crippen LogP contribution in [0.3, 0.4) is 0 Å². The van der Waals surface area contributed by atoms with Gasteiger partial charge in [0.05, 0.1) is 5.69 Å². The average molecular weight is 230 g/mol. The topological polar surface area (TPSA) is 109 Å². The molecule has 0 radical (unpaired) electrons. The summed E-state index contributed by atoms with van der Waals surface area (Å²) >= 11 is 0. The molecule has 7 heteroatoms. The average Bonchev–Trinajstić information content (AvgIpc) is 2.05. The number of anilines is 2. The Morgan fingerprint density at radius 1 is 1.47 bits per heavy atom. The molecule has 0 spiro atoms. The fourth-order valence-corrected chi connectivity index (χ4v) is 1.68. The molecule has 0 aliphatic heterocycles. The van der Waals surface area contributed by atoms with Crippen LogP contribution >= 0.6 is 0 Å². The lowest BCUT2D eigenvalue weighted by Crippen LogP contribution is -2.08. The number of nitrogens with one attached hydrogen (secondary N) is 1. The molecule has 0 saturated heterocycles. The van der Waals surface area contributed by atoms with Crippen molar-refractivity contribution in [2.24, 2.45) is 0 Å². The molecule has 1 aromatic rings. The molecule has 0 aromatic heterocycles.